The number of aromatic hydroxyl groups is 1. The van der Waals surface area contributed by atoms with Crippen LogP contribution in [0.15, 0.2) is 77.9 Å². The van der Waals surface area contributed by atoms with Crippen molar-refractivity contribution in [2.45, 2.75) is 5.60 Å². The minimum atomic E-state index is -2.04. The van der Waals surface area contributed by atoms with E-state index in [1.54, 1.807) is 60.7 Å². The number of nitrogens with one attached hydrogen (secondary N) is 1. The number of carbonyl (C=O) groups excluding carboxylic acids is 1. The third-order valence-electron chi connectivity index (χ3n) is 4.36. The second-order valence-corrected chi connectivity index (χ2v) is 6.70. The van der Waals surface area contributed by atoms with E-state index < -0.39 is 27.9 Å². The molecule has 30 heavy (non-hydrogen) atoms. The molecule has 0 fully saturated rings. The summed E-state index contributed by atoms with van der Waals surface area (Å²) in [4.78, 5) is 23.1. The molecule has 3 N–H and O–H groups in total. The molecular formula is C21H16ClN3O5. The van der Waals surface area contributed by atoms with Crippen molar-refractivity contribution in [1.29, 1.82) is 0 Å². The molecule has 3 aromatic carbocycles. The maximum absolute atomic E-state index is 12.9. The van der Waals surface area contributed by atoms with E-state index in [-0.39, 0.29) is 10.6 Å². The number of phenols is 1. The Kier molecular flexibility index (Phi) is 6.10. The van der Waals surface area contributed by atoms with E-state index in [2.05, 4.69) is 10.5 Å². The number of hydrogen-bond donors (Lipinski definition) is 3. The molecule has 0 radical (unpaired) electrons. The molecule has 3 aromatic rings. The number of nitro benzene ring substituents is 1. The van der Waals surface area contributed by atoms with E-state index in [0.717, 1.165) is 12.3 Å². The van der Waals surface area contributed by atoms with Gasteiger partial charge in [-0.3, -0.25) is 14.9 Å². The van der Waals surface area contributed by atoms with E-state index in [0.29, 0.717) is 11.1 Å². The molecule has 0 atom stereocenters. The number of phenolic OH excluding ortho intramolecular Hbond substituents is 1. The van der Waals surface area contributed by atoms with Crippen molar-refractivity contribution < 1.29 is 19.9 Å². The standard InChI is InChI=1S/C21H16ClN3O5/c22-17-11-14(19(26)18(12-17)25(29)30)13-23-24-20(27)21(28,15-7-3-1-4-8-15)16-9-5-2-6-10-16/h1-13,26,28H,(H,24,27)/b23-13-. The fourth-order valence-corrected chi connectivity index (χ4v) is 3.09. The van der Waals surface area contributed by atoms with Crippen LogP contribution < -0.4 is 5.43 Å². The van der Waals surface area contributed by atoms with Gasteiger partial charge in [-0.25, -0.2) is 5.43 Å². The van der Waals surface area contributed by atoms with Crippen molar-refractivity contribution in [3.8, 4) is 5.75 Å². The van der Waals surface area contributed by atoms with E-state index in [9.17, 15) is 25.1 Å². The highest BCUT2D eigenvalue weighted by atomic mass is 35.5. The van der Waals surface area contributed by atoms with Crippen LogP contribution >= 0.6 is 11.6 Å². The third-order valence-corrected chi connectivity index (χ3v) is 4.58. The molecule has 0 aliphatic rings. The Morgan fingerprint density at radius 3 is 2.10 bits per heavy atom. The predicted octanol–water partition coefficient (Wildman–Crippen LogP) is 3.34. The molecule has 152 valence electrons. The molecule has 0 saturated heterocycles. The number of rotatable bonds is 6. The van der Waals surface area contributed by atoms with Crippen LogP contribution in [0.1, 0.15) is 16.7 Å². The topological polar surface area (TPSA) is 125 Å². The van der Waals surface area contributed by atoms with Gasteiger partial charge in [0.25, 0.3) is 5.91 Å². The summed E-state index contributed by atoms with van der Waals surface area (Å²) in [6.07, 6.45) is 1.00. The van der Waals surface area contributed by atoms with Crippen LogP contribution in [0.3, 0.4) is 0 Å². The van der Waals surface area contributed by atoms with Gasteiger partial charge in [0, 0.05) is 16.7 Å². The normalized spacial score (nSPS) is 11.4. The second-order valence-electron chi connectivity index (χ2n) is 6.26. The van der Waals surface area contributed by atoms with Gasteiger partial charge in [0.15, 0.2) is 5.60 Å². The van der Waals surface area contributed by atoms with Gasteiger partial charge < -0.3 is 10.2 Å². The number of nitro groups is 1. The van der Waals surface area contributed by atoms with Crippen LogP contribution in [0.2, 0.25) is 5.02 Å². The Morgan fingerprint density at radius 2 is 1.60 bits per heavy atom. The summed E-state index contributed by atoms with van der Waals surface area (Å²) in [5.74, 6) is -1.50. The van der Waals surface area contributed by atoms with Gasteiger partial charge >= 0.3 is 5.69 Å². The number of halogens is 1. The lowest BCUT2D eigenvalue weighted by atomic mass is 9.85. The van der Waals surface area contributed by atoms with Crippen LogP contribution in [0.4, 0.5) is 5.69 Å². The van der Waals surface area contributed by atoms with Crippen LogP contribution in [-0.4, -0.2) is 27.3 Å². The molecule has 0 aliphatic carbocycles. The lowest BCUT2D eigenvalue weighted by Gasteiger charge is -2.27. The minimum Gasteiger partial charge on any atom is -0.502 e. The van der Waals surface area contributed by atoms with Crippen LogP contribution in [-0.2, 0) is 10.4 Å². The van der Waals surface area contributed by atoms with Gasteiger partial charge in [0.1, 0.15) is 0 Å². The zero-order valence-corrected chi connectivity index (χ0v) is 16.2. The third kappa shape index (κ3) is 4.14. The van der Waals surface area contributed by atoms with Crippen LogP contribution in [0.5, 0.6) is 5.75 Å². The molecule has 0 spiro atoms. The van der Waals surface area contributed by atoms with Crippen LogP contribution in [0, 0.1) is 10.1 Å². The largest absolute Gasteiger partial charge is 0.502 e. The van der Waals surface area contributed by atoms with Crippen molar-refractivity contribution in [1.82, 2.24) is 5.43 Å². The highest BCUT2D eigenvalue weighted by Gasteiger charge is 2.39. The Bertz CT molecular complexity index is 1060. The summed E-state index contributed by atoms with van der Waals surface area (Å²) in [5.41, 5.74) is 0.161. The van der Waals surface area contributed by atoms with Gasteiger partial charge in [-0.1, -0.05) is 72.3 Å². The molecule has 8 nitrogen and oxygen atoms in total. The fourth-order valence-electron chi connectivity index (χ4n) is 2.87. The smallest absolute Gasteiger partial charge is 0.312 e. The number of nitrogens with zero attached hydrogens (tertiary/aromatic N) is 2. The number of hydrazone groups is 1. The van der Waals surface area contributed by atoms with E-state index in [4.69, 9.17) is 11.6 Å². The maximum atomic E-state index is 12.9. The number of amides is 1. The van der Waals surface area contributed by atoms with Gasteiger partial charge in [0.05, 0.1) is 11.1 Å². The summed E-state index contributed by atoms with van der Waals surface area (Å²) >= 11 is 5.84. The van der Waals surface area contributed by atoms with Crippen LogP contribution in [0.25, 0.3) is 0 Å². The molecule has 0 bridgehead atoms. The first-order valence-electron chi connectivity index (χ1n) is 8.68. The van der Waals surface area contributed by atoms with Gasteiger partial charge in [-0.2, -0.15) is 5.10 Å². The molecule has 0 aliphatic heterocycles. The predicted molar refractivity (Wildman–Crippen MR) is 111 cm³/mol. The highest BCUT2D eigenvalue weighted by Crippen LogP contribution is 2.32. The Hall–Kier alpha value is -3.75. The SMILES string of the molecule is O=C(N/N=C\c1cc(Cl)cc([N+](=O)[O-])c1O)C(O)(c1ccccc1)c1ccccc1. The Balaban J connectivity index is 1.92. The van der Waals surface area contributed by atoms with Crippen molar-refractivity contribution in [3.05, 3.63) is 105 Å². The zero-order chi connectivity index (χ0) is 21.7. The zero-order valence-electron chi connectivity index (χ0n) is 15.4. The lowest BCUT2D eigenvalue weighted by molar-refractivity contribution is -0.385. The number of benzene rings is 3. The lowest BCUT2D eigenvalue weighted by Crippen LogP contribution is -2.43. The average molecular weight is 426 g/mol. The molecule has 0 unspecified atom stereocenters. The Morgan fingerprint density at radius 1 is 1.07 bits per heavy atom. The first kappa shape index (κ1) is 21.0. The summed E-state index contributed by atoms with van der Waals surface area (Å²) in [6.45, 7) is 0. The molecule has 0 heterocycles. The van der Waals surface area contributed by atoms with Gasteiger partial charge in [0.2, 0.25) is 5.75 Å². The Labute approximate surface area is 176 Å². The number of hydrogen-bond acceptors (Lipinski definition) is 6. The van der Waals surface area contributed by atoms with E-state index in [1.807, 2.05) is 0 Å². The first-order valence-corrected chi connectivity index (χ1v) is 9.05. The summed E-state index contributed by atoms with van der Waals surface area (Å²) < 4.78 is 0. The quantitative estimate of drug-likeness (QED) is 0.317. The van der Waals surface area contributed by atoms with Crippen molar-refractivity contribution in [2.75, 3.05) is 0 Å². The van der Waals surface area contributed by atoms with Crippen molar-refractivity contribution >= 4 is 29.4 Å². The van der Waals surface area contributed by atoms with Gasteiger partial charge in [-0.05, 0) is 17.2 Å². The molecule has 3 rings (SSSR count). The molecule has 0 aromatic heterocycles. The maximum Gasteiger partial charge on any atom is 0.312 e. The minimum absolute atomic E-state index is 0.0114. The van der Waals surface area contributed by atoms with Crippen molar-refractivity contribution in [2.24, 2.45) is 5.10 Å². The highest BCUT2D eigenvalue weighted by molar-refractivity contribution is 6.31. The molecule has 1 amide bonds. The number of aliphatic hydroxyl groups is 1. The molecular weight excluding hydrogens is 410 g/mol. The summed E-state index contributed by atoms with van der Waals surface area (Å²) in [7, 11) is 0. The monoisotopic (exact) mass is 425 g/mol. The summed E-state index contributed by atoms with van der Waals surface area (Å²) in [6, 6.07) is 18.9. The van der Waals surface area contributed by atoms with Crippen molar-refractivity contribution in [3.63, 3.8) is 0 Å². The van der Waals surface area contributed by atoms with E-state index >= 15 is 0 Å². The summed E-state index contributed by atoms with van der Waals surface area (Å²) in [5, 5.41) is 36.0. The molecule has 9 heteroatoms. The second kappa shape index (κ2) is 8.73. The fraction of sp³-hybridized carbons (Fsp3) is 0.0476. The first-order chi connectivity index (χ1) is 14.3. The number of carbonyl (C=O) groups is 1. The van der Waals surface area contributed by atoms with Gasteiger partial charge in [-0.15, -0.1) is 0 Å². The average Bonchev–Trinajstić information content (AvgIpc) is 2.76. The molecule has 0 saturated carbocycles. The van der Waals surface area contributed by atoms with E-state index in [1.165, 1.54) is 6.07 Å².